The zero-order chi connectivity index (χ0) is 22.5. The molecule has 0 N–H and O–H groups in total. The third kappa shape index (κ3) is 5.49. The van der Waals surface area contributed by atoms with E-state index in [4.69, 9.17) is 0 Å². The van der Waals surface area contributed by atoms with Gasteiger partial charge in [-0.2, -0.15) is 0 Å². The first-order valence-corrected chi connectivity index (χ1v) is 16.6. The average Bonchev–Trinajstić information content (AvgIpc) is 3.36. The van der Waals surface area contributed by atoms with Crippen molar-refractivity contribution >= 4 is 26.5 Å². The molecular weight excluding hydrogens is 434 g/mol. The van der Waals surface area contributed by atoms with Gasteiger partial charge in [-0.05, 0) is 80.1 Å². The summed E-state index contributed by atoms with van der Waals surface area (Å²) >= 11 is 0. The van der Waals surface area contributed by atoms with Crippen LogP contribution in [0, 0.1) is 0 Å². The molecule has 3 aliphatic rings. The zero-order valence-electron chi connectivity index (χ0n) is 20.6. The molecular formula is C31H42P2. The predicted molar refractivity (Wildman–Crippen MR) is 150 cm³/mol. The van der Waals surface area contributed by atoms with Crippen LogP contribution in [0.4, 0.5) is 0 Å². The Kier molecular flexibility index (Phi) is 8.39. The second kappa shape index (κ2) is 11.6. The molecule has 2 saturated carbocycles. The Morgan fingerprint density at radius 2 is 1.09 bits per heavy atom. The summed E-state index contributed by atoms with van der Waals surface area (Å²) in [6.45, 7) is 2.60. The molecule has 0 bridgehead atoms. The van der Waals surface area contributed by atoms with Crippen molar-refractivity contribution in [2.75, 3.05) is 0 Å². The van der Waals surface area contributed by atoms with Gasteiger partial charge in [0.25, 0.3) is 0 Å². The van der Waals surface area contributed by atoms with Crippen LogP contribution in [0.2, 0.25) is 0 Å². The number of allylic oxidation sites excluding steroid dienone is 2. The van der Waals surface area contributed by atoms with Crippen molar-refractivity contribution < 1.29 is 0 Å². The molecule has 0 unspecified atom stereocenters. The van der Waals surface area contributed by atoms with Crippen LogP contribution in [0.3, 0.4) is 0 Å². The molecule has 0 aliphatic heterocycles. The van der Waals surface area contributed by atoms with E-state index < -0.39 is 0 Å². The summed E-state index contributed by atoms with van der Waals surface area (Å²) in [5.41, 5.74) is 4.65. The lowest BCUT2D eigenvalue weighted by Gasteiger charge is -2.41. The molecule has 0 amide bonds. The molecule has 2 aromatic rings. The summed E-state index contributed by atoms with van der Waals surface area (Å²) in [5, 5.41) is 5.14. The maximum Gasteiger partial charge on any atom is 0.00587 e. The Morgan fingerprint density at radius 1 is 0.606 bits per heavy atom. The smallest absolute Gasteiger partial charge is 0.00587 e. The van der Waals surface area contributed by atoms with E-state index in [1.165, 1.54) is 83.5 Å². The molecule has 0 saturated heterocycles. The first-order valence-electron chi connectivity index (χ1n) is 13.7. The van der Waals surface area contributed by atoms with E-state index in [1.54, 1.807) is 10.6 Å². The van der Waals surface area contributed by atoms with Gasteiger partial charge in [0, 0.05) is 5.66 Å². The Balaban J connectivity index is 1.53. The van der Waals surface area contributed by atoms with Crippen LogP contribution < -0.4 is 10.6 Å². The van der Waals surface area contributed by atoms with Crippen molar-refractivity contribution in [2.24, 2.45) is 0 Å². The first-order chi connectivity index (χ1) is 16.3. The van der Waals surface area contributed by atoms with Crippen LogP contribution in [-0.4, -0.2) is 17.0 Å². The van der Waals surface area contributed by atoms with E-state index in [0.29, 0.717) is 5.66 Å². The van der Waals surface area contributed by atoms with E-state index in [9.17, 15) is 0 Å². The van der Waals surface area contributed by atoms with Gasteiger partial charge in [0.1, 0.15) is 0 Å². The Morgan fingerprint density at radius 3 is 1.58 bits per heavy atom. The Labute approximate surface area is 205 Å². The molecule has 0 heterocycles. The van der Waals surface area contributed by atoms with Crippen LogP contribution in [0.15, 0.2) is 71.6 Å². The fourth-order valence-corrected chi connectivity index (χ4v) is 14.1. The molecule has 1 atom stereocenters. The van der Waals surface area contributed by atoms with E-state index in [1.807, 2.05) is 10.9 Å². The van der Waals surface area contributed by atoms with Crippen LogP contribution >= 0.6 is 15.8 Å². The van der Waals surface area contributed by atoms with Gasteiger partial charge in [0.15, 0.2) is 0 Å². The largest absolute Gasteiger partial charge is 0.0734 e. The highest BCUT2D eigenvalue weighted by atomic mass is 31.1. The van der Waals surface area contributed by atoms with Gasteiger partial charge in [0.2, 0.25) is 0 Å². The molecule has 0 spiro atoms. The Bertz CT molecular complexity index is 834. The molecule has 176 valence electrons. The fraction of sp³-hybridized carbons (Fsp3) is 0.548. The topological polar surface area (TPSA) is 0 Å². The van der Waals surface area contributed by atoms with Gasteiger partial charge in [-0.25, -0.2) is 0 Å². The highest BCUT2D eigenvalue weighted by molar-refractivity contribution is 7.74. The first kappa shape index (κ1) is 23.8. The number of hydrogen-bond acceptors (Lipinski definition) is 0. The summed E-state index contributed by atoms with van der Waals surface area (Å²) in [6.07, 6.45) is 19.3. The third-order valence-electron chi connectivity index (χ3n) is 8.44. The molecule has 0 nitrogen and oxygen atoms in total. The molecule has 2 fully saturated rings. The standard InChI is InChI=1S/C31H42P2/c1-25(32(26-15-6-2-7-16-26)27-17-8-3-9-18-27)30-23-14-24-31(30)33(28-19-10-4-11-20-28)29-21-12-5-13-22-29/h2-3,6-9,15-18,25,28-29H,4-5,10-14,19-24H2,1H3/t25-/m1/s1. The molecule has 33 heavy (non-hydrogen) atoms. The predicted octanol–water partition coefficient (Wildman–Crippen LogP) is 9.09. The summed E-state index contributed by atoms with van der Waals surface area (Å²) in [5.74, 6) is 0. The summed E-state index contributed by atoms with van der Waals surface area (Å²) in [6, 6.07) is 23.0. The summed E-state index contributed by atoms with van der Waals surface area (Å²) < 4.78 is 0. The maximum atomic E-state index is 2.60. The highest BCUT2D eigenvalue weighted by Crippen LogP contribution is 2.66. The highest BCUT2D eigenvalue weighted by Gasteiger charge is 2.38. The molecule has 0 radical (unpaired) electrons. The minimum absolute atomic E-state index is 0.0575. The lowest BCUT2D eigenvalue weighted by Crippen LogP contribution is -2.24. The normalized spacial score (nSPS) is 21.8. The van der Waals surface area contributed by atoms with E-state index in [0.717, 1.165) is 11.3 Å². The Hall–Kier alpha value is -0.960. The van der Waals surface area contributed by atoms with Gasteiger partial charge in [0.05, 0.1) is 0 Å². The van der Waals surface area contributed by atoms with E-state index in [-0.39, 0.29) is 15.8 Å². The van der Waals surface area contributed by atoms with Crippen LogP contribution in [-0.2, 0) is 0 Å². The monoisotopic (exact) mass is 476 g/mol. The average molecular weight is 477 g/mol. The minimum Gasteiger partial charge on any atom is -0.0734 e. The van der Waals surface area contributed by atoms with Gasteiger partial charge in [-0.15, -0.1) is 0 Å². The number of hydrogen-bond donors (Lipinski definition) is 0. The lowest BCUT2D eigenvalue weighted by atomic mass is 9.99. The summed E-state index contributed by atoms with van der Waals surface area (Å²) in [4.78, 5) is 0. The van der Waals surface area contributed by atoms with Gasteiger partial charge in [-0.1, -0.05) is 120 Å². The van der Waals surface area contributed by atoms with Gasteiger partial charge >= 0.3 is 0 Å². The van der Waals surface area contributed by atoms with Crippen LogP contribution in [0.5, 0.6) is 0 Å². The van der Waals surface area contributed by atoms with Crippen molar-refractivity contribution in [3.63, 3.8) is 0 Å². The SMILES string of the molecule is C[C@H](C1=C(P(C2CCCCC2)C2CCCCC2)CCC1)P(c1ccccc1)c1ccccc1. The molecule has 3 aliphatic carbocycles. The molecule has 2 aromatic carbocycles. The second-order valence-corrected chi connectivity index (χ2v) is 15.9. The number of benzene rings is 2. The van der Waals surface area contributed by atoms with Crippen molar-refractivity contribution in [1.29, 1.82) is 0 Å². The third-order valence-corrected chi connectivity index (χ3v) is 15.0. The molecule has 5 rings (SSSR count). The van der Waals surface area contributed by atoms with E-state index >= 15 is 0 Å². The fourth-order valence-electron chi connectivity index (χ4n) is 6.88. The maximum absolute atomic E-state index is 2.60. The molecule has 2 heteroatoms. The van der Waals surface area contributed by atoms with Crippen molar-refractivity contribution in [3.8, 4) is 0 Å². The van der Waals surface area contributed by atoms with Gasteiger partial charge < -0.3 is 0 Å². The van der Waals surface area contributed by atoms with Crippen molar-refractivity contribution in [1.82, 2.24) is 0 Å². The van der Waals surface area contributed by atoms with Crippen molar-refractivity contribution in [3.05, 3.63) is 71.6 Å². The quantitative estimate of drug-likeness (QED) is 0.350. The summed E-state index contributed by atoms with van der Waals surface area (Å²) in [7, 11) is -0.299. The van der Waals surface area contributed by atoms with Gasteiger partial charge in [-0.3, -0.25) is 0 Å². The second-order valence-electron chi connectivity index (χ2n) is 10.5. The minimum atomic E-state index is -0.357. The van der Waals surface area contributed by atoms with E-state index in [2.05, 4.69) is 67.6 Å². The lowest BCUT2D eigenvalue weighted by molar-refractivity contribution is 0.485. The number of rotatable bonds is 7. The molecule has 0 aromatic heterocycles. The zero-order valence-corrected chi connectivity index (χ0v) is 22.4. The van der Waals surface area contributed by atoms with Crippen LogP contribution in [0.25, 0.3) is 0 Å². The van der Waals surface area contributed by atoms with Crippen molar-refractivity contribution in [2.45, 2.75) is 107 Å². The van der Waals surface area contributed by atoms with Crippen LogP contribution in [0.1, 0.15) is 90.4 Å².